The van der Waals surface area contributed by atoms with Gasteiger partial charge < -0.3 is 19.3 Å². The smallest absolute Gasteiger partial charge is 0.387 e. The number of nitrogens with one attached hydrogen (secondary N) is 1. The highest BCUT2D eigenvalue weighted by Crippen LogP contribution is 2.18. The van der Waals surface area contributed by atoms with E-state index in [4.69, 9.17) is 9.26 Å². The largest absolute Gasteiger partial charge is 0.456 e. The number of hydrogen-bond acceptors (Lipinski definition) is 7. The molecule has 3 rings (SSSR count). The number of alkyl halides is 2. The van der Waals surface area contributed by atoms with E-state index in [2.05, 4.69) is 20.2 Å². The van der Waals surface area contributed by atoms with Gasteiger partial charge >= 0.3 is 12.6 Å². The fraction of sp³-hybridized carbons (Fsp3) is 0.238. The van der Waals surface area contributed by atoms with Crippen molar-refractivity contribution in [1.82, 2.24) is 10.1 Å². The zero-order valence-electron chi connectivity index (χ0n) is 16.5. The summed E-state index contributed by atoms with van der Waals surface area (Å²) >= 11 is 0. The zero-order chi connectivity index (χ0) is 22.2. The number of nitrogens with zero attached hydrogens (tertiary/aromatic N) is 2. The highest BCUT2D eigenvalue weighted by molar-refractivity contribution is 5.92. The molecule has 10 heteroatoms. The van der Waals surface area contributed by atoms with Crippen molar-refractivity contribution in [2.75, 3.05) is 11.9 Å². The molecule has 0 fully saturated rings. The number of esters is 1. The number of carbonyl (C=O) groups excluding carboxylic acids is 2. The summed E-state index contributed by atoms with van der Waals surface area (Å²) < 4.78 is 38.5. The van der Waals surface area contributed by atoms with Gasteiger partial charge in [0.05, 0.1) is 6.42 Å². The lowest BCUT2D eigenvalue weighted by Crippen LogP contribution is -2.21. The van der Waals surface area contributed by atoms with Gasteiger partial charge in [-0.05, 0) is 31.2 Å². The number of halogens is 2. The summed E-state index contributed by atoms with van der Waals surface area (Å²) in [7, 11) is 0. The van der Waals surface area contributed by atoms with Gasteiger partial charge in [0.15, 0.2) is 6.61 Å². The van der Waals surface area contributed by atoms with Crippen molar-refractivity contribution in [3.05, 3.63) is 60.0 Å². The van der Waals surface area contributed by atoms with E-state index in [1.54, 1.807) is 0 Å². The molecule has 0 radical (unpaired) electrons. The number of ether oxygens (including phenoxy) is 2. The van der Waals surface area contributed by atoms with Gasteiger partial charge in [-0.1, -0.05) is 35.0 Å². The van der Waals surface area contributed by atoms with Crippen LogP contribution in [0.1, 0.15) is 17.9 Å². The lowest BCUT2D eigenvalue weighted by molar-refractivity contribution is -0.147. The lowest BCUT2D eigenvalue weighted by Gasteiger charge is -2.08. The number of rotatable bonds is 9. The molecule has 162 valence electrons. The van der Waals surface area contributed by atoms with E-state index in [9.17, 15) is 18.4 Å². The van der Waals surface area contributed by atoms with Crippen LogP contribution in [0.25, 0.3) is 11.4 Å². The molecule has 0 saturated heterocycles. The number of aromatic nitrogens is 2. The number of carbonyl (C=O) groups is 2. The van der Waals surface area contributed by atoms with Crippen molar-refractivity contribution in [1.29, 1.82) is 0 Å². The summed E-state index contributed by atoms with van der Waals surface area (Å²) in [5.41, 5.74) is 2.25. The predicted molar refractivity (Wildman–Crippen MR) is 105 cm³/mol. The van der Waals surface area contributed by atoms with Crippen LogP contribution in [0.3, 0.4) is 0 Å². The molecule has 1 heterocycles. The average molecular weight is 431 g/mol. The molecule has 0 aliphatic heterocycles. The molecule has 1 amide bonds. The maximum Gasteiger partial charge on any atom is 0.387 e. The third kappa shape index (κ3) is 6.88. The minimum absolute atomic E-state index is 0.0361. The summed E-state index contributed by atoms with van der Waals surface area (Å²) in [5.74, 6) is -0.511. The molecule has 0 unspecified atom stereocenters. The van der Waals surface area contributed by atoms with Crippen LogP contribution in [0.15, 0.2) is 53.1 Å². The van der Waals surface area contributed by atoms with Crippen LogP contribution in [0.2, 0.25) is 0 Å². The molecular formula is C21H19F2N3O5. The van der Waals surface area contributed by atoms with Gasteiger partial charge in [-0.3, -0.25) is 9.59 Å². The van der Waals surface area contributed by atoms with Gasteiger partial charge in [0.2, 0.25) is 11.7 Å². The van der Waals surface area contributed by atoms with E-state index in [0.29, 0.717) is 11.5 Å². The number of hydrogen-bond donors (Lipinski definition) is 1. The molecule has 8 nitrogen and oxygen atoms in total. The summed E-state index contributed by atoms with van der Waals surface area (Å²) in [6, 6.07) is 12.9. The second kappa shape index (κ2) is 10.3. The monoisotopic (exact) mass is 431 g/mol. The Morgan fingerprint density at radius 3 is 2.48 bits per heavy atom. The predicted octanol–water partition coefficient (Wildman–Crippen LogP) is 3.76. The van der Waals surface area contributed by atoms with E-state index in [-0.39, 0.29) is 24.5 Å². The number of anilines is 1. The molecule has 0 saturated carbocycles. The highest BCUT2D eigenvalue weighted by Gasteiger charge is 2.13. The van der Waals surface area contributed by atoms with Crippen LogP contribution >= 0.6 is 0 Å². The minimum Gasteiger partial charge on any atom is -0.456 e. The molecular weight excluding hydrogens is 412 g/mol. The van der Waals surface area contributed by atoms with Gasteiger partial charge in [-0.15, -0.1) is 0 Å². The van der Waals surface area contributed by atoms with Gasteiger partial charge in [-0.2, -0.15) is 13.8 Å². The summed E-state index contributed by atoms with van der Waals surface area (Å²) in [4.78, 5) is 27.9. The van der Waals surface area contributed by atoms with Gasteiger partial charge in [0.25, 0.3) is 5.91 Å². The SMILES string of the molecule is Cc1ccc(-c2noc(CCC(=O)OCC(=O)Nc3ccc(OC(F)F)cc3)n2)cc1. The standard InChI is InChI=1S/C21H19F2N3O5/c1-13-2-4-14(5-3-13)20-25-18(31-26-20)10-11-19(28)29-12-17(27)24-15-6-8-16(9-7-15)30-21(22)23/h2-9,21H,10-12H2,1H3,(H,24,27). The van der Waals surface area contributed by atoms with E-state index in [1.807, 2.05) is 31.2 Å². The van der Waals surface area contributed by atoms with Gasteiger partial charge in [0, 0.05) is 17.7 Å². The van der Waals surface area contributed by atoms with E-state index < -0.39 is 25.1 Å². The Kier molecular flexibility index (Phi) is 7.26. The van der Waals surface area contributed by atoms with Crippen molar-refractivity contribution in [2.45, 2.75) is 26.4 Å². The quantitative estimate of drug-likeness (QED) is 0.515. The zero-order valence-corrected chi connectivity index (χ0v) is 16.5. The Bertz CT molecular complexity index is 1020. The molecule has 1 aromatic heterocycles. The molecule has 0 aliphatic rings. The lowest BCUT2D eigenvalue weighted by atomic mass is 10.1. The molecule has 0 spiro atoms. The van der Waals surface area contributed by atoms with Crippen LogP contribution in [-0.2, 0) is 20.7 Å². The fourth-order valence-electron chi connectivity index (χ4n) is 2.52. The Hall–Kier alpha value is -3.82. The maximum absolute atomic E-state index is 12.1. The van der Waals surface area contributed by atoms with Gasteiger partial charge in [0.1, 0.15) is 5.75 Å². The third-order valence-electron chi connectivity index (χ3n) is 4.05. The minimum atomic E-state index is -2.93. The summed E-state index contributed by atoms with van der Waals surface area (Å²) in [6.07, 6.45) is 0.132. The molecule has 31 heavy (non-hydrogen) atoms. The Morgan fingerprint density at radius 2 is 1.81 bits per heavy atom. The van der Waals surface area contributed by atoms with Crippen molar-refractivity contribution in [3.8, 4) is 17.1 Å². The fourth-order valence-corrected chi connectivity index (χ4v) is 2.52. The van der Waals surface area contributed by atoms with Gasteiger partial charge in [-0.25, -0.2) is 0 Å². The average Bonchev–Trinajstić information content (AvgIpc) is 3.21. The van der Waals surface area contributed by atoms with Crippen molar-refractivity contribution in [2.24, 2.45) is 0 Å². The van der Waals surface area contributed by atoms with E-state index in [1.165, 1.54) is 24.3 Å². The topological polar surface area (TPSA) is 104 Å². The first-order valence-electron chi connectivity index (χ1n) is 9.29. The van der Waals surface area contributed by atoms with Crippen molar-refractivity contribution in [3.63, 3.8) is 0 Å². The van der Waals surface area contributed by atoms with Crippen LogP contribution in [0.5, 0.6) is 5.75 Å². The van der Waals surface area contributed by atoms with E-state index >= 15 is 0 Å². The third-order valence-corrected chi connectivity index (χ3v) is 4.05. The van der Waals surface area contributed by atoms with E-state index in [0.717, 1.165) is 11.1 Å². The molecule has 1 N–H and O–H groups in total. The maximum atomic E-state index is 12.1. The second-order valence-corrected chi connectivity index (χ2v) is 6.49. The molecule has 0 bridgehead atoms. The normalized spacial score (nSPS) is 10.7. The summed E-state index contributed by atoms with van der Waals surface area (Å²) in [6.45, 7) is -1.45. The van der Waals surface area contributed by atoms with Crippen molar-refractivity contribution < 1.29 is 32.4 Å². The first kappa shape index (κ1) is 21.9. The first-order valence-corrected chi connectivity index (χ1v) is 9.29. The number of benzene rings is 2. The summed E-state index contributed by atoms with van der Waals surface area (Å²) in [5, 5.41) is 6.36. The highest BCUT2D eigenvalue weighted by atomic mass is 19.3. The Labute approximate surface area is 176 Å². The Balaban J connectivity index is 1.40. The molecule has 0 atom stereocenters. The molecule has 2 aromatic carbocycles. The van der Waals surface area contributed by atoms with Crippen LogP contribution in [0.4, 0.5) is 14.5 Å². The molecule has 0 aliphatic carbocycles. The second-order valence-electron chi connectivity index (χ2n) is 6.49. The first-order chi connectivity index (χ1) is 14.9. The van der Waals surface area contributed by atoms with Crippen molar-refractivity contribution >= 4 is 17.6 Å². The van der Waals surface area contributed by atoms with Crippen LogP contribution < -0.4 is 10.1 Å². The van der Waals surface area contributed by atoms with Crippen LogP contribution in [-0.4, -0.2) is 35.2 Å². The Morgan fingerprint density at radius 1 is 1.10 bits per heavy atom. The molecule has 3 aromatic rings. The number of aryl methyl sites for hydroxylation is 2. The number of amides is 1. The van der Waals surface area contributed by atoms with Crippen LogP contribution in [0, 0.1) is 6.92 Å².